The van der Waals surface area contributed by atoms with Crippen LogP contribution < -0.4 is 21.2 Å². The molecule has 0 fully saturated rings. The van der Waals surface area contributed by atoms with Crippen LogP contribution in [0.4, 0.5) is 0 Å². The third-order valence-electron chi connectivity index (χ3n) is 5.24. The normalized spacial score (nSPS) is 11.2. The summed E-state index contributed by atoms with van der Waals surface area (Å²) >= 11 is 10.1. The molecule has 0 atom stereocenters. The van der Waals surface area contributed by atoms with E-state index < -0.39 is 20.2 Å². The Morgan fingerprint density at radius 1 is 0.545 bits per heavy atom. The fourth-order valence-electron chi connectivity index (χ4n) is 3.95. The van der Waals surface area contributed by atoms with E-state index in [9.17, 15) is 0 Å². The summed E-state index contributed by atoms with van der Waals surface area (Å²) in [6.07, 6.45) is 1.64. The van der Waals surface area contributed by atoms with Crippen molar-refractivity contribution in [3.8, 4) is 0 Å². The fraction of sp³-hybridized carbons (Fsp3) is 0.107. The van der Waals surface area contributed by atoms with Gasteiger partial charge >= 0.3 is 27.7 Å². The number of benzene rings is 4. The molecule has 0 aliphatic carbocycles. The SMILES string of the molecule is [CH2-]CCC(Cl)(P(c1ccccc1)c1ccccc1)P(c1ccccc1)c1ccccc1.[Cl][Pd+]. The van der Waals surface area contributed by atoms with Gasteiger partial charge in [-0.15, -0.1) is 11.6 Å². The van der Waals surface area contributed by atoms with Crippen molar-refractivity contribution in [2.24, 2.45) is 0 Å². The molecule has 0 radical (unpaired) electrons. The number of rotatable bonds is 8. The molecule has 0 amide bonds. The molecule has 0 bridgehead atoms. The zero-order valence-corrected chi connectivity index (χ0v) is 23.0. The molecule has 5 heteroatoms. The van der Waals surface area contributed by atoms with Gasteiger partial charge < -0.3 is 6.92 Å². The maximum absolute atomic E-state index is 7.93. The number of hydrogen-bond acceptors (Lipinski definition) is 0. The third kappa shape index (κ3) is 6.56. The van der Waals surface area contributed by atoms with Crippen LogP contribution in [0.15, 0.2) is 121 Å². The quantitative estimate of drug-likeness (QED) is 0.0852. The van der Waals surface area contributed by atoms with Gasteiger partial charge in [-0.05, 0) is 37.1 Å². The summed E-state index contributed by atoms with van der Waals surface area (Å²) in [7, 11) is 2.82. The summed E-state index contributed by atoms with van der Waals surface area (Å²) in [6, 6.07) is 43.2. The van der Waals surface area contributed by atoms with E-state index in [1.54, 1.807) is 0 Å². The minimum absolute atomic E-state index is 0.460. The Hall–Kier alpha value is -1.02. The van der Waals surface area contributed by atoms with E-state index in [0.29, 0.717) is 0 Å². The van der Waals surface area contributed by atoms with Crippen LogP contribution in [-0.2, 0) is 18.2 Å². The first-order chi connectivity index (χ1) is 16.2. The van der Waals surface area contributed by atoms with Crippen LogP contribution in [0.1, 0.15) is 12.8 Å². The summed E-state index contributed by atoms with van der Waals surface area (Å²) in [4.78, 5) is 0. The average Bonchev–Trinajstić information content (AvgIpc) is 2.88. The molecule has 4 aromatic rings. The fourth-order valence-corrected chi connectivity index (χ4v) is 12.3. The van der Waals surface area contributed by atoms with E-state index in [0.717, 1.165) is 12.8 Å². The maximum atomic E-state index is 7.93. The van der Waals surface area contributed by atoms with Gasteiger partial charge in [-0.2, -0.15) is 6.42 Å². The molecule has 0 unspecified atom stereocenters. The molecule has 172 valence electrons. The molecular weight excluding hydrogens is 576 g/mol. The number of hydrogen-bond donors (Lipinski definition) is 0. The van der Waals surface area contributed by atoms with Crippen LogP contribution in [0.5, 0.6) is 0 Å². The topological polar surface area (TPSA) is 0 Å². The van der Waals surface area contributed by atoms with Gasteiger partial charge in [0.25, 0.3) is 0 Å². The van der Waals surface area contributed by atoms with E-state index in [1.807, 2.05) is 0 Å². The van der Waals surface area contributed by atoms with Crippen molar-refractivity contribution >= 4 is 58.2 Å². The molecule has 0 spiro atoms. The van der Waals surface area contributed by atoms with Gasteiger partial charge in [0.1, 0.15) is 0 Å². The summed E-state index contributed by atoms with van der Waals surface area (Å²) in [6.45, 7) is 4.25. The van der Waals surface area contributed by atoms with Gasteiger partial charge in [0.15, 0.2) is 0 Å². The van der Waals surface area contributed by atoms with Crippen molar-refractivity contribution in [2.75, 3.05) is 0 Å². The van der Waals surface area contributed by atoms with Crippen LogP contribution in [0.2, 0.25) is 0 Å². The van der Waals surface area contributed by atoms with E-state index in [4.69, 9.17) is 11.6 Å². The van der Waals surface area contributed by atoms with Crippen molar-refractivity contribution in [3.63, 3.8) is 0 Å². The second-order valence-electron chi connectivity index (χ2n) is 7.34. The van der Waals surface area contributed by atoms with Gasteiger partial charge in [-0.3, -0.25) is 0 Å². The summed E-state index contributed by atoms with van der Waals surface area (Å²) in [5, 5.41) is 5.25. The zero-order chi connectivity index (χ0) is 23.5. The van der Waals surface area contributed by atoms with E-state index in [1.165, 1.54) is 21.2 Å². The Morgan fingerprint density at radius 3 is 1.00 bits per heavy atom. The summed E-state index contributed by atoms with van der Waals surface area (Å²) < 4.78 is -0.460. The van der Waals surface area contributed by atoms with Gasteiger partial charge in [0.05, 0.1) is 4.36 Å². The molecule has 0 saturated heterocycles. The predicted molar refractivity (Wildman–Crippen MR) is 147 cm³/mol. The van der Waals surface area contributed by atoms with Crippen LogP contribution in [-0.4, -0.2) is 4.36 Å². The molecule has 0 aliphatic rings. The molecule has 0 nitrogen and oxygen atoms in total. The van der Waals surface area contributed by atoms with Crippen LogP contribution in [0.3, 0.4) is 0 Å². The second kappa shape index (κ2) is 13.8. The van der Waals surface area contributed by atoms with Gasteiger partial charge in [0, 0.05) is 0 Å². The van der Waals surface area contributed by atoms with Crippen molar-refractivity contribution in [2.45, 2.75) is 17.2 Å². The van der Waals surface area contributed by atoms with Gasteiger partial charge in [0.2, 0.25) is 0 Å². The molecule has 33 heavy (non-hydrogen) atoms. The second-order valence-corrected chi connectivity index (χ2v) is 13.8. The summed E-state index contributed by atoms with van der Waals surface area (Å²) in [5.41, 5.74) is 0. The van der Waals surface area contributed by atoms with Crippen molar-refractivity contribution in [1.82, 2.24) is 0 Å². The van der Waals surface area contributed by atoms with Crippen LogP contribution in [0.25, 0.3) is 0 Å². The zero-order valence-electron chi connectivity index (χ0n) is 18.1. The van der Waals surface area contributed by atoms with Crippen molar-refractivity contribution < 1.29 is 18.2 Å². The van der Waals surface area contributed by atoms with E-state index in [-0.39, 0.29) is 0 Å². The first kappa shape index (κ1) is 26.6. The first-order valence-electron chi connectivity index (χ1n) is 10.6. The number of alkyl halides is 1. The third-order valence-corrected chi connectivity index (χ3v) is 12.7. The van der Waals surface area contributed by atoms with Crippen LogP contribution >= 0.6 is 37.0 Å². The molecule has 0 saturated carbocycles. The summed E-state index contributed by atoms with van der Waals surface area (Å²) in [5.74, 6) is 0. The van der Waals surface area contributed by atoms with E-state index in [2.05, 4.69) is 156 Å². The van der Waals surface area contributed by atoms with Crippen molar-refractivity contribution in [1.29, 1.82) is 0 Å². The van der Waals surface area contributed by atoms with E-state index >= 15 is 0 Å². The molecule has 4 aromatic carbocycles. The minimum atomic E-state index is -0.835. The Labute approximate surface area is 220 Å². The Morgan fingerprint density at radius 2 is 0.788 bits per heavy atom. The van der Waals surface area contributed by atoms with Crippen LogP contribution in [0, 0.1) is 6.92 Å². The Bertz CT molecular complexity index is 902. The molecule has 0 aliphatic heterocycles. The molecule has 0 aromatic heterocycles. The first-order valence-corrected chi connectivity index (χ1v) is 15.7. The average molecular weight is 602 g/mol. The standard InChI is InChI=1S/C28H26ClP2.ClH.Pd/c1-2-23-28(29,30(24-15-7-3-8-16-24)25-17-9-4-10-18-25)31(26-19-11-5-12-20-26)27-21-13-6-14-22-27;;/h3-22H,1-2,23H2;1H;/q-1;;+2/p-1. The monoisotopic (exact) mass is 600 g/mol. The number of halogens is 2. The molecular formula is C28H26Cl2P2Pd. The molecule has 0 N–H and O–H groups in total. The van der Waals surface area contributed by atoms with Gasteiger partial charge in [-0.25, -0.2) is 0 Å². The molecule has 0 heterocycles. The predicted octanol–water partition coefficient (Wildman–Crippen LogP) is 7.45. The Balaban J connectivity index is 0.00000149. The molecule has 4 rings (SSSR count). The van der Waals surface area contributed by atoms with Gasteiger partial charge in [-0.1, -0.05) is 128 Å². The van der Waals surface area contributed by atoms with Crippen molar-refractivity contribution in [3.05, 3.63) is 128 Å². The Kier molecular flexibility index (Phi) is 11.1.